The van der Waals surface area contributed by atoms with E-state index in [2.05, 4.69) is 54.2 Å². The molecular formula is C14H20BrN. The molecule has 1 aliphatic carbocycles. The summed E-state index contributed by atoms with van der Waals surface area (Å²) < 4.78 is 1.22. The van der Waals surface area contributed by atoms with Crippen LogP contribution in [-0.2, 0) is 0 Å². The van der Waals surface area contributed by atoms with Gasteiger partial charge in [0.25, 0.3) is 0 Å². The lowest BCUT2D eigenvalue weighted by atomic mass is 9.96. The van der Waals surface area contributed by atoms with Crippen LogP contribution in [0, 0.1) is 19.8 Å². The van der Waals surface area contributed by atoms with Crippen molar-refractivity contribution in [2.75, 3.05) is 6.54 Å². The van der Waals surface area contributed by atoms with E-state index in [1.807, 2.05) is 0 Å². The molecule has 0 spiro atoms. The Morgan fingerprint density at radius 3 is 2.56 bits per heavy atom. The molecule has 2 rings (SSSR count). The second kappa shape index (κ2) is 4.89. The largest absolute Gasteiger partial charge is 0.310 e. The number of nitrogens with one attached hydrogen (secondary N) is 1. The van der Waals surface area contributed by atoms with E-state index >= 15 is 0 Å². The molecule has 0 aromatic heterocycles. The quantitative estimate of drug-likeness (QED) is 0.875. The van der Waals surface area contributed by atoms with Crippen LogP contribution >= 0.6 is 15.9 Å². The summed E-state index contributed by atoms with van der Waals surface area (Å²) in [6.07, 6.45) is 2.76. The molecule has 1 aliphatic rings. The molecule has 1 saturated carbocycles. The van der Waals surface area contributed by atoms with Crippen LogP contribution in [0.5, 0.6) is 0 Å². The second-order valence-corrected chi connectivity index (χ2v) is 5.69. The zero-order valence-electron chi connectivity index (χ0n) is 10.3. The summed E-state index contributed by atoms with van der Waals surface area (Å²) in [6, 6.07) is 5.15. The summed E-state index contributed by atoms with van der Waals surface area (Å²) in [5.41, 5.74) is 4.23. The first-order valence-electron chi connectivity index (χ1n) is 6.13. The maximum atomic E-state index is 3.63. The number of aryl methyl sites for hydroxylation is 2. The second-order valence-electron chi connectivity index (χ2n) is 4.83. The highest BCUT2D eigenvalue weighted by molar-refractivity contribution is 9.10. The Morgan fingerprint density at radius 2 is 2.00 bits per heavy atom. The van der Waals surface area contributed by atoms with E-state index in [-0.39, 0.29) is 0 Å². The highest BCUT2D eigenvalue weighted by atomic mass is 79.9. The Balaban J connectivity index is 2.32. The van der Waals surface area contributed by atoms with Crippen molar-refractivity contribution >= 4 is 15.9 Å². The zero-order chi connectivity index (χ0) is 11.7. The Hall–Kier alpha value is -0.340. The molecule has 2 heteroatoms. The number of rotatable bonds is 4. The smallest absolute Gasteiger partial charge is 0.0351 e. The first-order chi connectivity index (χ1) is 7.63. The van der Waals surface area contributed by atoms with Crippen LogP contribution in [0.4, 0.5) is 0 Å². The molecule has 1 N–H and O–H groups in total. The van der Waals surface area contributed by atoms with E-state index in [1.54, 1.807) is 0 Å². The molecule has 1 aromatic carbocycles. The molecule has 1 nitrogen and oxygen atoms in total. The third kappa shape index (κ3) is 2.49. The van der Waals surface area contributed by atoms with Crippen molar-refractivity contribution in [3.05, 3.63) is 33.3 Å². The summed E-state index contributed by atoms with van der Waals surface area (Å²) in [6.45, 7) is 7.63. The minimum atomic E-state index is 0.566. The molecule has 0 bridgehead atoms. The first kappa shape index (κ1) is 12.1. The lowest BCUT2D eigenvalue weighted by Gasteiger charge is -2.21. The summed E-state index contributed by atoms with van der Waals surface area (Å²) in [5.74, 6) is 0.860. The van der Waals surface area contributed by atoms with Gasteiger partial charge in [-0.1, -0.05) is 28.9 Å². The van der Waals surface area contributed by atoms with Crippen LogP contribution in [0.15, 0.2) is 16.6 Å². The predicted octanol–water partition coefficient (Wildman–Crippen LogP) is 4.13. The molecule has 0 saturated heterocycles. The van der Waals surface area contributed by atoms with Crippen molar-refractivity contribution < 1.29 is 0 Å². The third-order valence-corrected chi connectivity index (χ3v) is 4.25. The van der Waals surface area contributed by atoms with E-state index in [0.29, 0.717) is 6.04 Å². The average Bonchev–Trinajstić information content (AvgIpc) is 3.04. The van der Waals surface area contributed by atoms with Crippen molar-refractivity contribution in [1.29, 1.82) is 0 Å². The summed E-state index contributed by atoms with van der Waals surface area (Å²) in [7, 11) is 0. The molecule has 1 aromatic rings. The molecule has 1 atom stereocenters. The molecule has 88 valence electrons. The van der Waals surface area contributed by atoms with Crippen LogP contribution in [0.2, 0.25) is 0 Å². The molecular weight excluding hydrogens is 262 g/mol. The minimum absolute atomic E-state index is 0.566. The van der Waals surface area contributed by atoms with Gasteiger partial charge in [-0.25, -0.2) is 0 Å². The maximum absolute atomic E-state index is 3.63. The summed E-state index contributed by atoms with van der Waals surface area (Å²) >= 11 is 3.60. The van der Waals surface area contributed by atoms with E-state index in [0.717, 1.165) is 12.5 Å². The minimum Gasteiger partial charge on any atom is -0.310 e. The van der Waals surface area contributed by atoms with Gasteiger partial charge < -0.3 is 5.32 Å². The Bertz CT molecular complexity index is 383. The van der Waals surface area contributed by atoms with Crippen molar-refractivity contribution in [2.24, 2.45) is 5.92 Å². The number of benzene rings is 1. The Kier molecular flexibility index (Phi) is 3.70. The van der Waals surface area contributed by atoms with E-state index in [9.17, 15) is 0 Å². The summed E-state index contributed by atoms with van der Waals surface area (Å²) in [4.78, 5) is 0. The van der Waals surface area contributed by atoms with Gasteiger partial charge in [0.15, 0.2) is 0 Å². The maximum Gasteiger partial charge on any atom is 0.0351 e. The van der Waals surface area contributed by atoms with Gasteiger partial charge in [-0.2, -0.15) is 0 Å². The standard InChI is InChI=1S/C14H20BrN/c1-4-16-14(11-5-6-11)12-7-10(3)13(15)8-9(12)2/h7-8,11,14,16H,4-6H2,1-3H3. The monoisotopic (exact) mass is 281 g/mol. The lowest BCUT2D eigenvalue weighted by Crippen LogP contribution is -2.23. The van der Waals surface area contributed by atoms with Crippen LogP contribution in [-0.4, -0.2) is 6.54 Å². The molecule has 1 unspecified atom stereocenters. The molecule has 16 heavy (non-hydrogen) atoms. The first-order valence-corrected chi connectivity index (χ1v) is 6.92. The predicted molar refractivity (Wildman–Crippen MR) is 72.8 cm³/mol. The average molecular weight is 282 g/mol. The van der Waals surface area contributed by atoms with Gasteiger partial charge in [-0.15, -0.1) is 0 Å². The highest BCUT2D eigenvalue weighted by Crippen LogP contribution is 2.42. The van der Waals surface area contributed by atoms with Gasteiger partial charge >= 0.3 is 0 Å². The van der Waals surface area contributed by atoms with Gasteiger partial charge in [-0.05, 0) is 61.9 Å². The highest BCUT2D eigenvalue weighted by Gasteiger charge is 2.32. The normalized spacial score (nSPS) is 17.5. The van der Waals surface area contributed by atoms with Gasteiger partial charge in [0.2, 0.25) is 0 Å². The van der Waals surface area contributed by atoms with Crippen molar-refractivity contribution in [3.63, 3.8) is 0 Å². The van der Waals surface area contributed by atoms with E-state index < -0.39 is 0 Å². The molecule has 0 radical (unpaired) electrons. The fourth-order valence-electron chi connectivity index (χ4n) is 2.32. The Morgan fingerprint density at radius 1 is 1.31 bits per heavy atom. The number of hydrogen-bond acceptors (Lipinski definition) is 1. The van der Waals surface area contributed by atoms with Crippen LogP contribution < -0.4 is 5.32 Å². The van der Waals surface area contributed by atoms with E-state index in [4.69, 9.17) is 0 Å². The fraction of sp³-hybridized carbons (Fsp3) is 0.571. The molecule has 0 heterocycles. The summed E-state index contributed by atoms with van der Waals surface area (Å²) in [5, 5.41) is 3.63. The fourth-order valence-corrected chi connectivity index (χ4v) is 2.78. The van der Waals surface area contributed by atoms with Crippen molar-refractivity contribution in [1.82, 2.24) is 5.32 Å². The molecule has 0 aliphatic heterocycles. The van der Waals surface area contributed by atoms with Crippen LogP contribution in [0.3, 0.4) is 0 Å². The van der Waals surface area contributed by atoms with Crippen molar-refractivity contribution in [3.8, 4) is 0 Å². The van der Waals surface area contributed by atoms with Gasteiger partial charge in [0.05, 0.1) is 0 Å². The molecule has 0 amide bonds. The van der Waals surface area contributed by atoms with Crippen LogP contribution in [0.1, 0.15) is 42.5 Å². The van der Waals surface area contributed by atoms with Gasteiger partial charge in [0.1, 0.15) is 0 Å². The van der Waals surface area contributed by atoms with Gasteiger partial charge in [-0.3, -0.25) is 0 Å². The zero-order valence-corrected chi connectivity index (χ0v) is 11.9. The third-order valence-electron chi connectivity index (χ3n) is 3.40. The van der Waals surface area contributed by atoms with E-state index in [1.165, 1.54) is 34.0 Å². The topological polar surface area (TPSA) is 12.0 Å². The Labute approximate surface area is 107 Å². The van der Waals surface area contributed by atoms with Crippen molar-refractivity contribution in [2.45, 2.75) is 39.7 Å². The SMILES string of the molecule is CCNC(c1cc(C)c(Br)cc1C)C1CC1. The van der Waals surface area contributed by atoms with Crippen LogP contribution in [0.25, 0.3) is 0 Å². The molecule has 1 fully saturated rings. The van der Waals surface area contributed by atoms with Gasteiger partial charge in [0, 0.05) is 10.5 Å². The number of hydrogen-bond donors (Lipinski definition) is 1. The number of halogens is 1. The lowest BCUT2D eigenvalue weighted by molar-refractivity contribution is 0.494.